The average Bonchev–Trinajstić information content (AvgIpc) is 3.40. The summed E-state index contributed by atoms with van der Waals surface area (Å²) in [6.45, 7) is 4.25. The molecule has 0 bridgehead atoms. The van der Waals surface area contributed by atoms with Crippen molar-refractivity contribution in [3.05, 3.63) is 36.4 Å². The number of thiocarbonyl (C=S) groups is 1. The Hall–Kier alpha value is -3.14. The first-order valence-corrected chi connectivity index (χ1v) is 9.49. The summed E-state index contributed by atoms with van der Waals surface area (Å²) in [5.41, 5.74) is 2.67. The van der Waals surface area contributed by atoms with Crippen LogP contribution in [-0.2, 0) is 6.54 Å². The van der Waals surface area contributed by atoms with Crippen molar-refractivity contribution in [3.8, 4) is 11.5 Å². The molecule has 144 valence electrons. The normalized spacial score (nSPS) is 15.9. The molecule has 2 aromatic heterocycles. The Morgan fingerprint density at radius 3 is 2.86 bits per heavy atom. The number of hydrogen-bond acceptors (Lipinski definition) is 7. The van der Waals surface area contributed by atoms with E-state index < -0.39 is 0 Å². The van der Waals surface area contributed by atoms with Crippen LogP contribution in [0.25, 0.3) is 11.2 Å². The number of anilines is 1. The molecule has 1 aromatic carbocycles. The van der Waals surface area contributed by atoms with E-state index >= 15 is 0 Å². The number of piperazine rings is 1. The summed E-state index contributed by atoms with van der Waals surface area (Å²) >= 11 is 5.59. The summed E-state index contributed by atoms with van der Waals surface area (Å²) < 4.78 is 10.8. The molecule has 2 aliphatic heterocycles. The van der Waals surface area contributed by atoms with Crippen molar-refractivity contribution in [2.45, 2.75) is 6.54 Å². The van der Waals surface area contributed by atoms with Gasteiger partial charge < -0.3 is 29.6 Å². The molecule has 10 heteroatoms. The molecule has 0 spiro atoms. The zero-order valence-electron chi connectivity index (χ0n) is 15.1. The van der Waals surface area contributed by atoms with Gasteiger partial charge in [-0.3, -0.25) is 0 Å². The zero-order valence-corrected chi connectivity index (χ0v) is 15.9. The van der Waals surface area contributed by atoms with Crippen LogP contribution in [0.2, 0.25) is 0 Å². The summed E-state index contributed by atoms with van der Waals surface area (Å²) in [5.74, 6) is 2.47. The lowest BCUT2D eigenvalue weighted by Crippen LogP contribution is -2.51. The fourth-order valence-electron chi connectivity index (χ4n) is 3.45. The van der Waals surface area contributed by atoms with Gasteiger partial charge in [0.15, 0.2) is 28.1 Å². The maximum atomic E-state index is 5.59. The highest BCUT2D eigenvalue weighted by Gasteiger charge is 2.22. The number of fused-ring (bicyclic) bond motifs is 2. The Morgan fingerprint density at radius 2 is 1.96 bits per heavy atom. The van der Waals surface area contributed by atoms with Crippen LogP contribution in [0.15, 0.2) is 30.9 Å². The second-order valence-corrected chi connectivity index (χ2v) is 7.01. The van der Waals surface area contributed by atoms with E-state index in [-0.39, 0.29) is 6.79 Å². The minimum atomic E-state index is 0.284. The molecule has 9 nitrogen and oxygen atoms in total. The lowest BCUT2D eigenvalue weighted by molar-refractivity contribution is 0.174. The molecule has 2 N–H and O–H groups in total. The molecule has 5 rings (SSSR count). The van der Waals surface area contributed by atoms with Gasteiger partial charge >= 0.3 is 0 Å². The van der Waals surface area contributed by atoms with Gasteiger partial charge in [-0.25, -0.2) is 15.0 Å². The van der Waals surface area contributed by atoms with Crippen LogP contribution in [0.5, 0.6) is 11.5 Å². The van der Waals surface area contributed by atoms with Crippen molar-refractivity contribution in [1.82, 2.24) is 30.2 Å². The fraction of sp³-hybridized carbons (Fsp3) is 0.333. The second kappa shape index (κ2) is 7.12. The maximum absolute atomic E-state index is 5.59. The number of aromatic nitrogens is 4. The van der Waals surface area contributed by atoms with E-state index in [1.807, 2.05) is 18.2 Å². The second-order valence-electron chi connectivity index (χ2n) is 6.62. The van der Waals surface area contributed by atoms with Gasteiger partial charge in [0.2, 0.25) is 6.79 Å². The van der Waals surface area contributed by atoms with Crippen molar-refractivity contribution >= 4 is 34.3 Å². The Bertz CT molecular complexity index is 1020. The Balaban J connectivity index is 1.17. The molecule has 28 heavy (non-hydrogen) atoms. The molecule has 1 fully saturated rings. The monoisotopic (exact) mass is 397 g/mol. The third-order valence-electron chi connectivity index (χ3n) is 4.95. The summed E-state index contributed by atoms with van der Waals surface area (Å²) in [7, 11) is 0. The van der Waals surface area contributed by atoms with E-state index in [9.17, 15) is 0 Å². The summed E-state index contributed by atoms with van der Waals surface area (Å²) in [4.78, 5) is 20.4. The fourth-order valence-corrected chi connectivity index (χ4v) is 3.71. The highest BCUT2D eigenvalue weighted by atomic mass is 32.1. The van der Waals surface area contributed by atoms with Crippen molar-refractivity contribution in [2.24, 2.45) is 0 Å². The standard InChI is InChI=1S/C18H19N7O2S/c28-18(19-8-12-1-2-13-14(7-12)27-11-26-13)25-5-3-24(4-6-25)17-15-16(21-9-20-15)22-10-23-17/h1-2,7,9-10H,3-6,8,11H2,(H,19,28)(H,20,21,22,23). The number of H-pyrrole nitrogens is 1. The lowest BCUT2D eigenvalue weighted by Gasteiger charge is -2.36. The Labute approximate surface area is 166 Å². The van der Waals surface area contributed by atoms with Crippen LogP contribution < -0.4 is 19.7 Å². The summed E-state index contributed by atoms with van der Waals surface area (Å²) in [6, 6.07) is 5.94. The topological polar surface area (TPSA) is 91.4 Å². The zero-order chi connectivity index (χ0) is 18.9. The largest absolute Gasteiger partial charge is 0.454 e. The highest BCUT2D eigenvalue weighted by Crippen LogP contribution is 2.32. The first-order valence-electron chi connectivity index (χ1n) is 9.08. The average molecular weight is 397 g/mol. The number of hydrogen-bond donors (Lipinski definition) is 2. The molecular formula is C18H19N7O2S. The molecule has 0 amide bonds. The number of rotatable bonds is 3. The van der Waals surface area contributed by atoms with E-state index in [0.29, 0.717) is 12.2 Å². The van der Waals surface area contributed by atoms with Crippen molar-refractivity contribution < 1.29 is 9.47 Å². The quantitative estimate of drug-likeness (QED) is 0.634. The van der Waals surface area contributed by atoms with Crippen LogP contribution >= 0.6 is 12.2 Å². The molecule has 3 aromatic rings. The van der Waals surface area contributed by atoms with Crippen LogP contribution in [0.1, 0.15) is 5.56 Å². The molecule has 0 radical (unpaired) electrons. The third kappa shape index (κ3) is 3.15. The van der Waals surface area contributed by atoms with E-state index in [1.54, 1.807) is 12.7 Å². The smallest absolute Gasteiger partial charge is 0.231 e. The van der Waals surface area contributed by atoms with Crippen molar-refractivity contribution in [2.75, 3.05) is 37.9 Å². The Morgan fingerprint density at radius 1 is 1.11 bits per heavy atom. The molecule has 0 aliphatic carbocycles. The molecule has 0 unspecified atom stereocenters. The van der Waals surface area contributed by atoms with E-state index in [2.05, 4.69) is 35.1 Å². The van der Waals surface area contributed by atoms with Gasteiger partial charge in [-0.1, -0.05) is 6.07 Å². The van der Waals surface area contributed by atoms with E-state index in [1.165, 1.54) is 0 Å². The van der Waals surface area contributed by atoms with E-state index in [4.69, 9.17) is 21.7 Å². The van der Waals surface area contributed by atoms with E-state index in [0.717, 1.165) is 59.7 Å². The van der Waals surface area contributed by atoms with Crippen molar-refractivity contribution in [1.29, 1.82) is 0 Å². The van der Waals surface area contributed by atoms with Gasteiger partial charge in [0.1, 0.15) is 11.8 Å². The highest BCUT2D eigenvalue weighted by molar-refractivity contribution is 7.80. The number of imidazole rings is 1. The maximum Gasteiger partial charge on any atom is 0.231 e. The number of ether oxygens (including phenoxy) is 2. The van der Waals surface area contributed by atoms with Crippen LogP contribution in [0.3, 0.4) is 0 Å². The first-order chi connectivity index (χ1) is 13.8. The van der Waals surface area contributed by atoms with Gasteiger partial charge in [0.25, 0.3) is 0 Å². The molecule has 2 aliphatic rings. The molecular weight excluding hydrogens is 378 g/mol. The number of aromatic amines is 1. The van der Waals surface area contributed by atoms with Gasteiger partial charge in [0.05, 0.1) is 6.33 Å². The summed E-state index contributed by atoms with van der Waals surface area (Å²) in [6.07, 6.45) is 3.21. The summed E-state index contributed by atoms with van der Waals surface area (Å²) in [5, 5.41) is 4.10. The van der Waals surface area contributed by atoms with Gasteiger partial charge in [0, 0.05) is 32.7 Å². The third-order valence-corrected chi connectivity index (χ3v) is 5.35. The molecule has 0 atom stereocenters. The molecule has 4 heterocycles. The first kappa shape index (κ1) is 17.0. The van der Waals surface area contributed by atoms with Crippen LogP contribution in [0.4, 0.5) is 5.82 Å². The molecule has 0 saturated carbocycles. The van der Waals surface area contributed by atoms with Gasteiger partial charge in [-0.05, 0) is 29.9 Å². The van der Waals surface area contributed by atoms with Gasteiger partial charge in [-0.2, -0.15) is 0 Å². The SMILES string of the molecule is S=C(NCc1ccc2c(c1)OCO2)N1CCN(c2ncnc3nc[nH]c23)CC1. The van der Waals surface area contributed by atoms with Crippen LogP contribution in [0, 0.1) is 0 Å². The molecule has 1 saturated heterocycles. The minimum absolute atomic E-state index is 0.284. The minimum Gasteiger partial charge on any atom is -0.454 e. The van der Waals surface area contributed by atoms with Gasteiger partial charge in [-0.15, -0.1) is 0 Å². The van der Waals surface area contributed by atoms with Crippen molar-refractivity contribution in [3.63, 3.8) is 0 Å². The number of nitrogens with zero attached hydrogens (tertiary/aromatic N) is 5. The predicted octanol–water partition coefficient (Wildman–Crippen LogP) is 1.28. The number of benzene rings is 1. The van der Waals surface area contributed by atoms with Crippen LogP contribution in [-0.4, -0.2) is 62.9 Å². The lowest BCUT2D eigenvalue weighted by atomic mass is 10.2. The predicted molar refractivity (Wildman–Crippen MR) is 107 cm³/mol. The number of nitrogens with one attached hydrogen (secondary N) is 2. The Kier molecular flexibility index (Phi) is 4.32.